The lowest BCUT2D eigenvalue weighted by Crippen LogP contribution is -1.91. The maximum atomic E-state index is 12.0. The third-order valence-electron chi connectivity index (χ3n) is 1.35. The highest BCUT2D eigenvalue weighted by molar-refractivity contribution is 5.17. The van der Waals surface area contributed by atoms with E-state index in [1.807, 2.05) is 6.07 Å². The van der Waals surface area contributed by atoms with Crippen LogP contribution in [0.2, 0.25) is 0 Å². The fourth-order valence-corrected chi connectivity index (χ4v) is 0.761. The second kappa shape index (κ2) is 3.77. The first-order chi connectivity index (χ1) is 5.74. The molecule has 0 bridgehead atoms. The minimum absolute atomic E-state index is 0.205. The molecule has 0 amide bonds. The van der Waals surface area contributed by atoms with Crippen LogP contribution in [0.15, 0.2) is 18.3 Å². The van der Waals surface area contributed by atoms with E-state index >= 15 is 0 Å². The Hall–Kier alpha value is -1.50. The number of hydrogen-bond acceptors (Lipinski definition) is 2. The SMILES string of the molecule is N#CCc1ccc(C(F)F)nc1. The maximum absolute atomic E-state index is 12.0. The Kier molecular flexibility index (Phi) is 2.70. The number of aromatic nitrogens is 1. The molecule has 0 fully saturated rings. The molecule has 4 heteroatoms. The van der Waals surface area contributed by atoms with Gasteiger partial charge in [0.2, 0.25) is 0 Å². The van der Waals surface area contributed by atoms with E-state index in [9.17, 15) is 8.78 Å². The van der Waals surface area contributed by atoms with Crippen molar-refractivity contribution in [2.45, 2.75) is 12.8 Å². The average molecular weight is 168 g/mol. The zero-order valence-corrected chi connectivity index (χ0v) is 6.17. The van der Waals surface area contributed by atoms with Crippen LogP contribution in [0.5, 0.6) is 0 Å². The van der Waals surface area contributed by atoms with Gasteiger partial charge in [0.25, 0.3) is 6.43 Å². The van der Waals surface area contributed by atoms with Gasteiger partial charge in [-0.25, -0.2) is 8.78 Å². The van der Waals surface area contributed by atoms with Gasteiger partial charge in [-0.15, -0.1) is 0 Å². The van der Waals surface area contributed by atoms with Crippen molar-refractivity contribution >= 4 is 0 Å². The van der Waals surface area contributed by atoms with Gasteiger partial charge in [-0.3, -0.25) is 4.98 Å². The summed E-state index contributed by atoms with van der Waals surface area (Å²) in [5.74, 6) is 0. The Morgan fingerprint density at radius 3 is 2.67 bits per heavy atom. The van der Waals surface area contributed by atoms with E-state index < -0.39 is 6.43 Å². The summed E-state index contributed by atoms with van der Waals surface area (Å²) in [6, 6.07) is 4.62. The highest BCUT2D eigenvalue weighted by Crippen LogP contribution is 2.15. The summed E-state index contributed by atoms with van der Waals surface area (Å²) < 4.78 is 23.9. The molecule has 0 aliphatic carbocycles. The van der Waals surface area contributed by atoms with Crippen LogP contribution in [0.4, 0.5) is 8.78 Å². The third kappa shape index (κ3) is 1.99. The molecule has 1 heterocycles. The molecule has 1 aromatic rings. The second-order valence-corrected chi connectivity index (χ2v) is 2.23. The van der Waals surface area contributed by atoms with E-state index in [0.717, 1.165) is 0 Å². The molecule has 62 valence electrons. The molecule has 0 aliphatic rings. The molecule has 0 spiro atoms. The number of halogens is 2. The minimum Gasteiger partial charge on any atom is -0.255 e. The second-order valence-electron chi connectivity index (χ2n) is 2.23. The largest absolute Gasteiger partial charge is 0.280 e. The number of nitriles is 1. The summed E-state index contributed by atoms with van der Waals surface area (Å²) >= 11 is 0. The smallest absolute Gasteiger partial charge is 0.255 e. The van der Waals surface area contributed by atoms with Gasteiger partial charge in [0.1, 0.15) is 5.69 Å². The Morgan fingerprint density at radius 2 is 2.25 bits per heavy atom. The van der Waals surface area contributed by atoms with Gasteiger partial charge in [0, 0.05) is 6.20 Å². The molecule has 0 radical (unpaired) electrons. The molecular weight excluding hydrogens is 162 g/mol. The lowest BCUT2D eigenvalue weighted by atomic mass is 10.2. The van der Waals surface area contributed by atoms with E-state index in [0.29, 0.717) is 5.56 Å². The monoisotopic (exact) mass is 168 g/mol. The highest BCUT2D eigenvalue weighted by Gasteiger charge is 2.06. The van der Waals surface area contributed by atoms with Crippen molar-refractivity contribution in [2.24, 2.45) is 0 Å². The van der Waals surface area contributed by atoms with Crippen LogP contribution < -0.4 is 0 Å². The van der Waals surface area contributed by atoms with Crippen LogP contribution in [0.1, 0.15) is 17.7 Å². The topological polar surface area (TPSA) is 36.7 Å². The molecule has 0 atom stereocenters. The van der Waals surface area contributed by atoms with Crippen LogP contribution in [-0.4, -0.2) is 4.98 Å². The maximum Gasteiger partial charge on any atom is 0.280 e. The zero-order valence-electron chi connectivity index (χ0n) is 6.17. The van der Waals surface area contributed by atoms with Crippen molar-refractivity contribution in [1.29, 1.82) is 5.26 Å². The zero-order chi connectivity index (χ0) is 8.97. The Morgan fingerprint density at radius 1 is 1.50 bits per heavy atom. The molecule has 1 rings (SSSR count). The highest BCUT2D eigenvalue weighted by atomic mass is 19.3. The lowest BCUT2D eigenvalue weighted by Gasteiger charge is -1.98. The summed E-state index contributed by atoms with van der Waals surface area (Å²) in [6.07, 6.45) is -1.04. The molecule has 0 unspecified atom stereocenters. The molecular formula is C8H6F2N2. The van der Waals surface area contributed by atoms with Gasteiger partial charge in [-0.2, -0.15) is 5.26 Å². The van der Waals surface area contributed by atoms with Gasteiger partial charge in [-0.05, 0) is 11.6 Å². The van der Waals surface area contributed by atoms with Crippen molar-refractivity contribution in [2.75, 3.05) is 0 Å². The Bertz CT molecular complexity index is 287. The molecule has 12 heavy (non-hydrogen) atoms. The van der Waals surface area contributed by atoms with Gasteiger partial charge in [-0.1, -0.05) is 6.07 Å². The van der Waals surface area contributed by atoms with Gasteiger partial charge < -0.3 is 0 Å². The summed E-state index contributed by atoms with van der Waals surface area (Å²) in [6.45, 7) is 0. The van der Waals surface area contributed by atoms with Crippen molar-refractivity contribution < 1.29 is 8.78 Å². The van der Waals surface area contributed by atoms with E-state index in [-0.39, 0.29) is 12.1 Å². The lowest BCUT2D eigenvalue weighted by molar-refractivity contribution is 0.146. The fourth-order valence-electron chi connectivity index (χ4n) is 0.761. The molecule has 0 saturated carbocycles. The summed E-state index contributed by atoms with van der Waals surface area (Å²) in [7, 11) is 0. The standard InChI is InChI=1S/C8H6F2N2/c9-8(10)7-2-1-6(3-4-11)5-12-7/h1-2,5,8H,3H2. The Labute approximate surface area is 68.5 Å². The molecule has 0 aromatic carbocycles. The average Bonchev–Trinajstić information content (AvgIpc) is 2.06. The quantitative estimate of drug-likeness (QED) is 0.677. The van der Waals surface area contributed by atoms with Crippen LogP contribution in [0, 0.1) is 11.3 Å². The number of nitrogens with zero attached hydrogens (tertiary/aromatic N) is 2. The molecule has 0 aliphatic heterocycles. The van der Waals surface area contributed by atoms with Crippen molar-refractivity contribution in [1.82, 2.24) is 4.98 Å². The first-order valence-corrected chi connectivity index (χ1v) is 3.34. The summed E-state index contributed by atoms with van der Waals surface area (Å²) in [4.78, 5) is 3.50. The number of hydrogen-bond donors (Lipinski definition) is 0. The predicted molar refractivity (Wildman–Crippen MR) is 38.5 cm³/mol. The minimum atomic E-state index is -2.54. The third-order valence-corrected chi connectivity index (χ3v) is 1.35. The van der Waals surface area contributed by atoms with Crippen molar-refractivity contribution in [3.63, 3.8) is 0 Å². The van der Waals surface area contributed by atoms with E-state index in [4.69, 9.17) is 5.26 Å². The van der Waals surface area contributed by atoms with Gasteiger partial charge in [0.05, 0.1) is 12.5 Å². The summed E-state index contributed by atoms with van der Waals surface area (Å²) in [5.41, 5.74) is 0.401. The van der Waals surface area contributed by atoms with Crippen LogP contribution >= 0.6 is 0 Å². The normalized spacial score (nSPS) is 9.83. The number of pyridine rings is 1. The van der Waals surface area contributed by atoms with Crippen molar-refractivity contribution in [3.05, 3.63) is 29.6 Å². The summed E-state index contributed by atoms with van der Waals surface area (Å²) in [5, 5.41) is 8.27. The fraction of sp³-hybridized carbons (Fsp3) is 0.250. The van der Waals surface area contributed by atoms with E-state index in [2.05, 4.69) is 4.98 Å². The van der Waals surface area contributed by atoms with E-state index in [1.54, 1.807) is 0 Å². The van der Waals surface area contributed by atoms with Crippen molar-refractivity contribution in [3.8, 4) is 6.07 Å². The molecule has 1 aromatic heterocycles. The van der Waals surface area contributed by atoms with Gasteiger partial charge >= 0.3 is 0 Å². The van der Waals surface area contributed by atoms with Crippen LogP contribution in [0.3, 0.4) is 0 Å². The molecule has 2 nitrogen and oxygen atoms in total. The first kappa shape index (κ1) is 8.60. The Balaban J connectivity index is 2.80. The van der Waals surface area contributed by atoms with Gasteiger partial charge in [0.15, 0.2) is 0 Å². The number of rotatable bonds is 2. The predicted octanol–water partition coefficient (Wildman–Crippen LogP) is 2.09. The van der Waals surface area contributed by atoms with Crippen LogP contribution in [0.25, 0.3) is 0 Å². The molecule has 0 N–H and O–H groups in total. The van der Waals surface area contributed by atoms with E-state index in [1.165, 1.54) is 18.3 Å². The number of alkyl halides is 2. The molecule has 0 saturated heterocycles. The first-order valence-electron chi connectivity index (χ1n) is 3.34. The van der Waals surface area contributed by atoms with Crippen LogP contribution in [-0.2, 0) is 6.42 Å².